The van der Waals surface area contributed by atoms with Gasteiger partial charge in [-0.3, -0.25) is 10.1 Å². The number of benzene rings is 2. The third-order valence-corrected chi connectivity index (χ3v) is 6.18. The quantitative estimate of drug-likeness (QED) is 0.553. The van der Waals surface area contributed by atoms with Gasteiger partial charge in [-0.05, 0) is 42.0 Å². The largest absolute Gasteiger partial charge is 0.493 e. The number of hydrogen-bond acceptors (Lipinski definition) is 8. The number of hydrogen-bond donors (Lipinski definition) is 1. The molecule has 10 heteroatoms. The lowest BCUT2D eigenvalue weighted by Gasteiger charge is -2.12. The molecule has 1 N–H and O–H groups in total. The predicted octanol–water partition coefficient (Wildman–Crippen LogP) is 3.38. The topological polar surface area (TPSA) is 104 Å². The summed E-state index contributed by atoms with van der Waals surface area (Å²) < 4.78 is 39.9. The molecule has 0 radical (unpaired) electrons. The number of methoxy groups -OCH3 is 3. The summed E-state index contributed by atoms with van der Waals surface area (Å²) in [7, 11) is 1.23. The maximum Gasteiger partial charge on any atom is 0.250 e. The average Bonchev–Trinajstić information content (AvgIpc) is 3.11. The van der Waals surface area contributed by atoms with Gasteiger partial charge in [0.25, 0.3) is 0 Å². The van der Waals surface area contributed by atoms with Crippen molar-refractivity contribution in [2.45, 2.75) is 4.90 Å². The first kappa shape index (κ1) is 21.6. The Balaban J connectivity index is 1.79. The Morgan fingerprint density at radius 2 is 1.73 bits per heavy atom. The average molecular weight is 449 g/mol. The number of nitrogens with zero attached hydrogens (tertiary/aromatic N) is 1. The molecule has 3 rings (SSSR count). The summed E-state index contributed by atoms with van der Waals surface area (Å²) in [6.07, 6.45) is 4.11. The molecule has 1 amide bonds. The molecule has 0 bridgehead atoms. The summed E-state index contributed by atoms with van der Waals surface area (Å²) in [5.74, 6) is 1.03. The zero-order valence-corrected chi connectivity index (χ0v) is 18.4. The van der Waals surface area contributed by atoms with Crippen LogP contribution in [0.2, 0.25) is 0 Å². The van der Waals surface area contributed by atoms with Gasteiger partial charge in [-0.1, -0.05) is 11.3 Å². The minimum Gasteiger partial charge on any atom is -0.493 e. The maximum atomic E-state index is 12.3. The number of amides is 1. The molecule has 2 aromatic carbocycles. The Hall–Kier alpha value is -3.11. The van der Waals surface area contributed by atoms with E-state index in [2.05, 4.69) is 10.3 Å². The van der Waals surface area contributed by atoms with E-state index in [1.807, 2.05) is 0 Å². The molecular weight excluding hydrogens is 428 g/mol. The van der Waals surface area contributed by atoms with E-state index in [0.29, 0.717) is 38.2 Å². The highest BCUT2D eigenvalue weighted by molar-refractivity contribution is 7.90. The number of sulfone groups is 1. The van der Waals surface area contributed by atoms with Crippen LogP contribution in [0.1, 0.15) is 5.56 Å². The Labute approximate surface area is 178 Å². The number of nitrogens with one attached hydrogen (secondary N) is 1. The SMILES string of the molecule is COc1cc(C=CC(=O)Nc2nc3ccc(S(C)(=O)=O)cc3s2)cc(OC)c1OC. The Bertz CT molecular complexity index is 1210. The fourth-order valence-corrected chi connectivity index (χ4v) is 4.34. The first-order valence-electron chi connectivity index (χ1n) is 8.65. The smallest absolute Gasteiger partial charge is 0.250 e. The molecule has 0 aliphatic carbocycles. The summed E-state index contributed by atoms with van der Waals surface area (Å²) in [5, 5.41) is 3.06. The maximum absolute atomic E-state index is 12.3. The van der Waals surface area contributed by atoms with Crippen LogP contribution in [0.15, 0.2) is 41.3 Å². The molecule has 0 saturated heterocycles. The molecule has 0 unspecified atom stereocenters. The van der Waals surface area contributed by atoms with Crippen molar-refractivity contribution < 1.29 is 27.4 Å². The number of aromatic nitrogens is 1. The molecule has 158 valence electrons. The van der Waals surface area contributed by atoms with E-state index < -0.39 is 9.84 Å². The lowest BCUT2D eigenvalue weighted by atomic mass is 10.1. The molecule has 1 heterocycles. The molecule has 30 heavy (non-hydrogen) atoms. The van der Waals surface area contributed by atoms with Crippen LogP contribution in [0.5, 0.6) is 17.2 Å². The van der Waals surface area contributed by atoms with Gasteiger partial charge in [0.05, 0.1) is 36.4 Å². The molecule has 0 spiro atoms. The van der Waals surface area contributed by atoms with Gasteiger partial charge >= 0.3 is 0 Å². The van der Waals surface area contributed by atoms with Gasteiger partial charge in [0.2, 0.25) is 11.7 Å². The van der Waals surface area contributed by atoms with Gasteiger partial charge < -0.3 is 14.2 Å². The Kier molecular flexibility index (Phi) is 6.28. The molecular formula is C20H20N2O6S2. The number of carbonyl (C=O) groups is 1. The van der Waals surface area contributed by atoms with E-state index in [1.165, 1.54) is 44.8 Å². The van der Waals surface area contributed by atoms with Crippen LogP contribution < -0.4 is 19.5 Å². The number of anilines is 1. The van der Waals surface area contributed by atoms with Gasteiger partial charge in [-0.25, -0.2) is 13.4 Å². The molecule has 8 nitrogen and oxygen atoms in total. The van der Waals surface area contributed by atoms with E-state index in [1.54, 1.807) is 30.3 Å². The molecule has 3 aromatic rings. The summed E-state index contributed by atoms with van der Waals surface area (Å²) in [5.41, 5.74) is 1.29. The minimum absolute atomic E-state index is 0.207. The highest BCUT2D eigenvalue weighted by atomic mass is 32.2. The van der Waals surface area contributed by atoms with Crippen molar-refractivity contribution >= 4 is 48.5 Å². The van der Waals surface area contributed by atoms with Crippen molar-refractivity contribution in [2.24, 2.45) is 0 Å². The van der Waals surface area contributed by atoms with E-state index >= 15 is 0 Å². The van der Waals surface area contributed by atoms with Crippen molar-refractivity contribution in [3.05, 3.63) is 42.0 Å². The second kappa shape index (κ2) is 8.72. The van der Waals surface area contributed by atoms with Crippen molar-refractivity contribution in [1.29, 1.82) is 0 Å². The lowest BCUT2D eigenvalue weighted by Crippen LogP contribution is -2.07. The first-order valence-corrected chi connectivity index (χ1v) is 11.4. The fraction of sp³-hybridized carbons (Fsp3) is 0.200. The van der Waals surface area contributed by atoms with Crippen LogP contribution >= 0.6 is 11.3 Å². The van der Waals surface area contributed by atoms with Gasteiger partial charge in [0.15, 0.2) is 26.5 Å². The predicted molar refractivity (Wildman–Crippen MR) is 116 cm³/mol. The zero-order chi connectivity index (χ0) is 21.9. The van der Waals surface area contributed by atoms with Crippen LogP contribution in [0, 0.1) is 0 Å². The van der Waals surface area contributed by atoms with Gasteiger partial charge in [-0.15, -0.1) is 0 Å². The minimum atomic E-state index is -3.31. The molecule has 0 aliphatic heterocycles. The van der Waals surface area contributed by atoms with Gasteiger partial charge in [0, 0.05) is 12.3 Å². The molecule has 0 fully saturated rings. The standard InChI is InChI=1S/C20H20N2O6S2/c1-26-15-9-12(10-16(27-2)19(15)28-3)5-8-18(23)22-20-21-14-7-6-13(30(4,24)25)11-17(14)29-20/h5-11H,1-4H3,(H,21,22,23). The normalized spacial score (nSPS) is 11.6. The van der Waals surface area contributed by atoms with E-state index in [4.69, 9.17) is 14.2 Å². The Morgan fingerprint density at radius 3 is 2.30 bits per heavy atom. The van der Waals surface area contributed by atoms with E-state index in [0.717, 1.165) is 6.26 Å². The second-order valence-corrected chi connectivity index (χ2v) is 9.25. The summed E-state index contributed by atoms with van der Waals surface area (Å²) >= 11 is 1.20. The van der Waals surface area contributed by atoms with Gasteiger partial charge in [-0.2, -0.15) is 0 Å². The van der Waals surface area contributed by atoms with Crippen LogP contribution in [-0.4, -0.2) is 46.9 Å². The van der Waals surface area contributed by atoms with Crippen molar-refractivity contribution in [3.8, 4) is 17.2 Å². The summed E-state index contributed by atoms with van der Waals surface area (Å²) in [6, 6.07) is 8.09. The first-order chi connectivity index (χ1) is 14.2. The zero-order valence-electron chi connectivity index (χ0n) is 16.8. The van der Waals surface area contributed by atoms with Crippen molar-refractivity contribution in [3.63, 3.8) is 0 Å². The number of carbonyl (C=O) groups excluding carboxylic acids is 1. The van der Waals surface area contributed by atoms with Gasteiger partial charge in [0.1, 0.15) is 0 Å². The summed E-state index contributed by atoms with van der Waals surface area (Å²) in [6.45, 7) is 0. The van der Waals surface area contributed by atoms with Crippen LogP contribution in [0.4, 0.5) is 5.13 Å². The van der Waals surface area contributed by atoms with Crippen LogP contribution in [0.3, 0.4) is 0 Å². The van der Waals surface area contributed by atoms with Crippen molar-refractivity contribution in [1.82, 2.24) is 4.98 Å². The molecule has 0 aliphatic rings. The third-order valence-electron chi connectivity index (χ3n) is 4.13. The lowest BCUT2D eigenvalue weighted by molar-refractivity contribution is -0.111. The second-order valence-electron chi connectivity index (χ2n) is 6.20. The number of ether oxygens (including phenoxy) is 3. The molecule has 1 aromatic heterocycles. The van der Waals surface area contributed by atoms with E-state index in [9.17, 15) is 13.2 Å². The van der Waals surface area contributed by atoms with Crippen LogP contribution in [0.25, 0.3) is 16.3 Å². The Morgan fingerprint density at radius 1 is 1.07 bits per heavy atom. The third kappa shape index (κ3) is 4.71. The molecule has 0 saturated carbocycles. The number of fused-ring (bicyclic) bond motifs is 1. The highest BCUT2D eigenvalue weighted by Crippen LogP contribution is 2.38. The number of thiazole rings is 1. The van der Waals surface area contributed by atoms with E-state index in [-0.39, 0.29) is 10.8 Å². The summed E-state index contributed by atoms with van der Waals surface area (Å²) in [4.78, 5) is 16.8. The fourth-order valence-electron chi connectivity index (χ4n) is 2.71. The monoisotopic (exact) mass is 448 g/mol. The highest BCUT2D eigenvalue weighted by Gasteiger charge is 2.13. The van der Waals surface area contributed by atoms with Crippen LogP contribution in [-0.2, 0) is 14.6 Å². The number of rotatable bonds is 7. The van der Waals surface area contributed by atoms with Crippen molar-refractivity contribution in [2.75, 3.05) is 32.9 Å². The molecule has 0 atom stereocenters.